The summed E-state index contributed by atoms with van der Waals surface area (Å²) in [5.41, 5.74) is 10.9. The van der Waals surface area contributed by atoms with Gasteiger partial charge in [-0.05, 0) is 131 Å². The van der Waals surface area contributed by atoms with Crippen molar-refractivity contribution >= 4 is 68.9 Å². The van der Waals surface area contributed by atoms with E-state index in [9.17, 15) is 0 Å². The Hall–Kier alpha value is -5.12. The Balaban J connectivity index is 1.36. The van der Waals surface area contributed by atoms with Crippen molar-refractivity contribution in [2.45, 2.75) is 53.3 Å². The summed E-state index contributed by atoms with van der Waals surface area (Å²) >= 11 is 0. The quantitative estimate of drug-likeness (QED) is 0.119. The summed E-state index contributed by atoms with van der Waals surface area (Å²) in [5, 5.41) is 6.63. The van der Waals surface area contributed by atoms with Crippen molar-refractivity contribution in [1.29, 1.82) is 0 Å². The van der Waals surface area contributed by atoms with Crippen LogP contribution in [0.2, 0.25) is 19.6 Å². The molecule has 0 aliphatic rings. The molecule has 0 heterocycles. The van der Waals surface area contributed by atoms with E-state index in [1.54, 1.807) is 0 Å². The molecule has 7 aromatic rings. The van der Waals surface area contributed by atoms with Crippen LogP contribution >= 0.6 is 0 Å². The molecule has 0 saturated heterocycles. The smallest absolute Gasteiger partial charge is 0.0775 e. The lowest BCUT2D eigenvalue weighted by atomic mass is 9.92. The normalized spacial score (nSPS) is 11.8. The fourth-order valence-electron chi connectivity index (χ4n) is 7.07. The van der Waals surface area contributed by atoms with Gasteiger partial charge in [0.05, 0.1) is 8.07 Å². The molecular weight excluding hydrogens is 609 g/mol. The van der Waals surface area contributed by atoms with E-state index >= 15 is 0 Å². The third kappa shape index (κ3) is 6.27. The summed E-state index contributed by atoms with van der Waals surface area (Å²) in [4.78, 5) is 4.76. The van der Waals surface area contributed by atoms with E-state index in [4.69, 9.17) is 0 Å². The van der Waals surface area contributed by atoms with Crippen LogP contribution in [0, 0.1) is 13.8 Å². The van der Waals surface area contributed by atoms with Crippen LogP contribution in [0.3, 0.4) is 0 Å². The van der Waals surface area contributed by atoms with Crippen molar-refractivity contribution in [2.24, 2.45) is 0 Å². The zero-order valence-electron chi connectivity index (χ0n) is 29.8. The highest BCUT2D eigenvalue weighted by Crippen LogP contribution is 2.42. The first-order chi connectivity index (χ1) is 23.6. The van der Waals surface area contributed by atoms with Crippen molar-refractivity contribution in [1.82, 2.24) is 0 Å². The van der Waals surface area contributed by atoms with Gasteiger partial charge in [-0.3, -0.25) is 0 Å². The molecule has 0 bridgehead atoms. The van der Waals surface area contributed by atoms with Gasteiger partial charge in [-0.1, -0.05) is 111 Å². The highest BCUT2D eigenvalue weighted by atomic mass is 28.3. The molecule has 0 spiro atoms. The van der Waals surface area contributed by atoms with Gasteiger partial charge >= 0.3 is 0 Å². The molecule has 3 heteroatoms. The molecule has 0 unspecified atom stereocenters. The highest BCUT2D eigenvalue weighted by Gasteiger charge is 2.20. The van der Waals surface area contributed by atoms with Crippen LogP contribution in [0.15, 0.2) is 146 Å². The van der Waals surface area contributed by atoms with Gasteiger partial charge in [-0.15, -0.1) is 0 Å². The second kappa shape index (κ2) is 13.1. The largest absolute Gasteiger partial charge is 0.310 e. The molecule has 7 rings (SSSR count). The number of para-hydroxylation sites is 2. The number of hydrogen-bond acceptors (Lipinski definition) is 2. The second-order valence-corrected chi connectivity index (χ2v) is 19.7. The van der Waals surface area contributed by atoms with E-state index in [0.29, 0.717) is 5.92 Å². The highest BCUT2D eigenvalue weighted by molar-refractivity contribution is 6.88. The van der Waals surface area contributed by atoms with E-state index in [1.165, 1.54) is 49.1 Å². The standard InChI is InChI=1S/C46H46N2Si/c1-32(2)35-18-20-38(21-19-35)47(36-14-10-8-11-15-36)40-24-28-43-34(4)46-31-41(25-29-44(46)33(3)45(43)30-40)48(37-16-12-9-13-17-37)39-22-26-42(27-23-39)49(5,6)7/h8-32H,1-7H3. The predicted octanol–water partition coefficient (Wildman–Crippen LogP) is 13.2. The number of anilines is 6. The fourth-order valence-corrected chi connectivity index (χ4v) is 8.24. The maximum Gasteiger partial charge on any atom is 0.0775 e. The van der Waals surface area contributed by atoms with Crippen LogP contribution in [0.25, 0.3) is 21.5 Å². The Morgan fingerprint density at radius 1 is 0.408 bits per heavy atom. The monoisotopic (exact) mass is 654 g/mol. The molecule has 2 nitrogen and oxygen atoms in total. The van der Waals surface area contributed by atoms with Gasteiger partial charge in [0.1, 0.15) is 0 Å². The van der Waals surface area contributed by atoms with E-state index in [1.807, 2.05) is 0 Å². The minimum Gasteiger partial charge on any atom is -0.310 e. The van der Waals surface area contributed by atoms with Gasteiger partial charge in [0.25, 0.3) is 0 Å². The maximum absolute atomic E-state index is 2.40. The van der Waals surface area contributed by atoms with Gasteiger partial charge in [0.2, 0.25) is 0 Å². The Labute approximate surface area is 293 Å². The van der Waals surface area contributed by atoms with Crippen LogP contribution in [0.5, 0.6) is 0 Å². The molecule has 0 aliphatic carbocycles. The Bertz CT molecular complexity index is 2230. The van der Waals surface area contributed by atoms with Crippen LogP contribution in [-0.2, 0) is 0 Å². The fraction of sp³-hybridized carbons (Fsp3) is 0.174. The lowest BCUT2D eigenvalue weighted by Gasteiger charge is -2.28. The molecule has 0 saturated carbocycles. The molecule has 0 amide bonds. The first-order valence-electron chi connectivity index (χ1n) is 17.5. The predicted molar refractivity (Wildman–Crippen MR) is 217 cm³/mol. The van der Waals surface area contributed by atoms with Gasteiger partial charge < -0.3 is 9.80 Å². The summed E-state index contributed by atoms with van der Waals surface area (Å²) in [6, 6.07) is 53.7. The molecule has 0 N–H and O–H groups in total. The topological polar surface area (TPSA) is 6.48 Å². The number of benzene rings is 7. The van der Waals surface area contributed by atoms with Crippen LogP contribution in [0.4, 0.5) is 34.1 Å². The molecule has 0 aromatic heterocycles. The summed E-state index contributed by atoms with van der Waals surface area (Å²) in [6.07, 6.45) is 0. The Morgan fingerprint density at radius 2 is 0.776 bits per heavy atom. The average molecular weight is 655 g/mol. The van der Waals surface area contributed by atoms with E-state index in [-0.39, 0.29) is 0 Å². The van der Waals surface area contributed by atoms with Gasteiger partial charge in [0.15, 0.2) is 0 Å². The Morgan fingerprint density at radius 3 is 1.16 bits per heavy atom. The summed E-state index contributed by atoms with van der Waals surface area (Å²) < 4.78 is 0. The molecule has 0 atom stereocenters. The first kappa shape index (κ1) is 32.4. The van der Waals surface area contributed by atoms with E-state index in [0.717, 1.165) is 28.4 Å². The minimum atomic E-state index is -1.40. The zero-order valence-corrected chi connectivity index (χ0v) is 30.8. The van der Waals surface area contributed by atoms with Crippen molar-refractivity contribution < 1.29 is 0 Å². The lowest BCUT2D eigenvalue weighted by Crippen LogP contribution is -2.37. The summed E-state index contributed by atoms with van der Waals surface area (Å²) in [5.74, 6) is 0.495. The average Bonchev–Trinajstić information content (AvgIpc) is 3.12. The van der Waals surface area contributed by atoms with E-state index < -0.39 is 8.07 Å². The maximum atomic E-state index is 2.40. The molecule has 244 valence electrons. The van der Waals surface area contributed by atoms with E-state index in [2.05, 4.69) is 203 Å². The first-order valence-corrected chi connectivity index (χ1v) is 21.0. The third-order valence-corrected chi connectivity index (χ3v) is 12.0. The number of rotatable bonds is 8. The molecule has 7 aromatic carbocycles. The molecule has 0 aliphatic heterocycles. The number of nitrogens with zero attached hydrogens (tertiary/aromatic N) is 2. The number of aryl methyl sites for hydroxylation is 2. The van der Waals surface area contributed by atoms with Crippen molar-refractivity contribution in [3.8, 4) is 0 Å². The summed E-state index contributed by atoms with van der Waals surface area (Å²) in [7, 11) is -1.40. The Kier molecular flexibility index (Phi) is 8.64. The number of fused-ring (bicyclic) bond motifs is 2. The van der Waals surface area contributed by atoms with Crippen LogP contribution < -0.4 is 15.0 Å². The van der Waals surface area contributed by atoms with Crippen molar-refractivity contribution in [3.05, 3.63) is 162 Å². The van der Waals surface area contributed by atoms with Gasteiger partial charge in [-0.2, -0.15) is 0 Å². The minimum absolute atomic E-state index is 0.495. The van der Waals surface area contributed by atoms with Crippen molar-refractivity contribution in [3.63, 3.8) is 0 Å². The van der Waals surface area contributed by atoms with Crippen LogP contribution in [-0.4, -0.2) is 8.07 Å². The van der Waals surface area contributed by atoms with Gasteiger partial charge in [-0.25, -0.2) is 0 Å². The summed E-state index contributed by atoms with van der Waals surface area (Å²) in [6.45, 7) is 16.3. The third-order valence-electron chi connectivity index (χ3n) is 9.98. The van der Waals surface area contributed by atoms with Gasteiger partial charge in [0, 0.05) is 34.1 Å². The number of hydrogen-bond donors (Lipinski definition) is 0. The molecule has 0 radical (unpaired) electrons. The molecule has 0 fully saturated rings. The SMILES string of the molecule is Cc1c2ccc(N(c3ccccc3)c3ccc([Si](C)(C)C)cc3)cc2c(C)c2ccc(N(c3ccccc3)c3ccc(C(C)C)cc3)cc12. The van der Waals surface area contributed by atoms with Crippen molar-refractivity contribution in [2.75, 3.05) is 9.80 Å². The second-order valence-electron chi connectivity index (χ2n) is 14.6. The lowest BCUT2D eigenvalue weighted by molar-refractivity contribution is 0.866. The zero-order chi connectivity index (χ0) is 34.3. The molecular formula is C46H46N2Si. The van der Waals surface area contributed by atoms with Crippen LogP contribution in [0.1, 0.15) is 36.5 Å². The molecule has 49 heavy (non-hydrogen) atoms.